The van der Waals surface area contributed by atoms with Crippen LogP contribution in [-0.4, -0.2) is 26.7 Å². The van der Waals surface area contributed by atoms with E-state index in [4.69, 9.17) is 0 Å². The van der Waals surface area contributed by atoms with Gasteiger partial charge in [0.05, 0.1) is 6.04 Å². The van der Waals surface area contributed by atoms with Crippen molar-refractivity contribution in [3.8, 4) is 0 Å². The van der Waals surface area contributed by atoms with Gasteiger partial charge in [0.2, 0.25) is 5.91 Å². The van der Waals surface area contributed by atoms with Crippen LogP contribution < -0.4 is 5.32 Å². The van der Waals surface area contributed by atoms with E-state index in [9.17, 15) is 4.79 Å². The summed E-state index contributed by atoms with van der Waals surface area (Å²) in [5, 5.41) is 7.10. The molecule has 5 heteroatoms. The van der Waals surface area contributed by atoms with E-state index < -0.39 is 0 Å². The Balaban J connectivity index is 2.48. The zero-order valence-electron chi connectivity index (χ0n) is 11.1. The zero-order valence-corrected chi connectivity index (χ0v) is 11.1. The lowest BCUT2D eigenvalue weighted by Crippen LogP contribution is -2.40. The second-order valence-electron chi connectivity index (χ2n) is 4.60. The highest BCUT2D eigenvalue weighted by Gasteiger charge is 2.19. The molecule has 96 valence electrons. The number of carbonyl (C=O) groups is 1. The lowest BCUT2D eigenvalue weighted by atomic mass is 10.0. The first-order chi connectivity index (χ1) is 8.06. The normalized spacial score (nSPS) is 16.2. The van der Waals surface area contributed by atoms with Crippen molar-refractivity contribution in [2.45, 2.75) is 52.6 Å². The molecule has 1 aromatic rings. The fraction of sp³-hybridized carbons (Fsp3) is 0.750. The Labute approximate surface area is 103 Å². The average molecular weight is 238 g/mol. The maximum Gasteiger partial charge on any atom is 0.223 e. The molecule has 0 bridgehead atoms. The molecule has 1 aromatic heterocycles. The van der Waals surface area contributed by atoms with Crippen molar-refractivity contribution in [1.82, 2.24) is 20.1 Å². The van der Waals surface area contributed by atoms with Crippen molar-refractivity contribution in [3.63, 3.8) is 0 Å². The third kappa shape index (κ3) is 3.84. The maximum absolute atomic E-state index is 11.9. The zero-order chi connectivity index (χ0) is 12.8. The third-order valence-corrected chi connectivity index (χ3v) is 3.12. The quantitative estimate of drug-likeness (QED) is 0.821. The molecule has 0 saturated heterocycles. The van der Waals surface area contributed by atoms with E-state index in [2.05, 4.69) is 22.3 Å². The van der Waals surface area contributed by atoms with Crippen molar-refractivity contribution in [1.29, 1.82) is 0 Å². The number of hydrogen-bond donors (Lipinski definition) is 1. The number of aromatic nitrogens is 3. The van der Waals surface area contributed by atoms with Crippen LogP contribution in [-0.2, 0) is 4.79 Å². The molecule has 0 unspecified atom stereocenters. The topological polar surface area (TPSA) is 59.8 Å². The largest absolute Gasteiger partial charge is 0.351 e. The van der Waals surface area contributed by atoms with Gasteiger partial charge >= 0.3 is 0 Å². The van der Waals surface area contributed by atoms with Crippen molar-refractivity contribution in [2.24, 2.45) is 5.92 Å². The molecule has 0 aliphatic heterocycles. The summed E-state index contributed by atoms with van der Waals surface area (Å²) in [5.41, 5.74) is 0. The summed E-state index contributed by atoms with van der Waals surface area (Å²) in [6.45, 7) is 8.06. The molecule has 0 saturated carbocycles. The fourth-order valence-electron chi connectivity index (χ4n) is 1.71. The summed E-state index contributed by atoms with van der Waals surface area (Å²) >= 11 is 0. The summed E-state index contributed by atoms with van der Waals surface area (Å²) < 4.78 is 1.76. The number of nitrogens with zero attached hydrogens (tertiary/aromatic N) is 3. The van der Waals surface area contributed by atoms with Gasteiger partial charge in [0, 0.05) is 12.0 Å². The SMILES string of the molecule is CCC[C@H](C)C(=O)N[C@H](C)[C@@H](C)n1cncn1. The molecule has 0 fully saturated rings. The van der Waals surface area contributed by atoms with E-state index in [0.29, 0.717) is 0 Å². The van der Waals surface area contributed by atoms with Crippen molar-refractivity contribution >= 4 is 5.91 Å². The first-order valence-electron chi connectivity index (χ1n) is 6.20. The van der Waals surface area contributed by atoms with E-state index in [1.165, 1.54) is 6.33 Å². The average Bonchev–Trinajstić information content (AvgIpc) is 2.81. The molecule has 3 atom stereocenters. The van der Waals surface area contributed by atoms with Gasteiger partial charge in [-0.1, -0.05) is 20.3 Å². The number of nitrogens with one attached hydrogen (secondary N) is 1. The van der Waals surface area contributed by atoms with Crippen LogP contribution in [0.3, 0.4) is 0 Å². The maximum atomic E-state index is 11.9. The lowest BCUT2D eigenvalue weighted by molar-refractivity contribution is -0.125. The van der Waals surface area contributed by atoms with E-state index in [1.54, 1.807) is 11.0 Å². The second-order valence-corrected chi connectivity index (χ2v) is 4.60. The number of hydrogen-bond acceptors (Lipinski definition) is 3. The molecule has 17 heavy (non-hydrogen) atoms. The molecule has 5 nitrogen and oxygen atoms in total. The Bertz CT molecular complexity index is 336. The summed E-state index contributed by atoms with van der Waals surface area (Å²) in [4.78, 5) is 15.8. The Kier molecular flexibility index (Phi) is 5.12. The van der Waals surface area contributed by atoms with Crippen LogP contribution >= 0.6 is 0 Å². The molecule has 0 radical (unpaired) electrons. The van der Waals surface area contributed by atoms with Crippen LogP contribution in [0.4, 0.5) is 0 Å². The minimum Gasteiger partial charge on any atom is -0.351 e. The Morgan fingerprint density at radius 1 is 1.41 bits per heavy atom. The minimum atomic E-state index is 0.0449. The first-order valence-corrected chi connectivity index (χ1v) is 6.20. The van der Waals surface area contributed by atoms with Gasteiger partial charge in [-0.2, -0.15) is 5.10 Å². The Morgan fingerprint density at radius 2 is 2.12 bits per heavy atom. The molecule has 1 amide bonds. The van der Waals surface area contributed by atoms with Crippen LogP contribution in [0.15, 0.2) is 12.7 Å². The predicted octanol–water partition coefficient (Wildman–Crippen LogP) is 1.78. The van der Waals surface area contributed by atoms with Gasteiger partial charge in [0.25, 0.3) is 0 Å². The second kappa shape index (κ2) is 6.37. The highest BCUT2D eigenvalue weighted by atomic mass is 16.1. The molecular formula is C12H22N4O. The summed E-state index contributed by atoms with van der Waals surface area (Å²) in [6, 6.07) is 0.152. The first kappa shape index (κ1) is 13.7. The third-order valence-electron chi connectivity index (χ3n) is 3.12. The molecular weight excluding hydrogens is 216 g/mol. The summed E-state index contributed by atoms with van der Waals surface area (Å²) in [7, 11) is 0. The Hall–Kier alpha value is -1.39. The highest BCUT2D eigenvalue weighted by Crippen LogP contribution is 2.11. The van der Waals surface area contributed by atoms with Crippen molar-refractivity contribution < 1.29 is 4.79 Å². The monoisotopic (exact) mass is 238 g/mol. The molecule has 0 spiro atoms. The highest BCUT2D eigenvalue weighted by molar-refractivity contribution is 5.78. The van der Waals surface area contributed by atoms with Gasteiger partial charge in [0.1, 0.15) is 12.7 Å². The molecule has 1 rings (SSSR count). The van der Waals surface area contributed by atoms with Crippen LogP contribution in [0.2, 0.25) is 0 Å². The summed E-state index contributed by atoms with van der Waals surface area (Å²) in [6.07, 6.45) is 5.13. The molecule has 0 aromatic carbocycles. The molecule has 0 aliphatic rings. The summed E-state index contributed by atoms with van der Waals surface area (Å²) in [5.74, 6) is 0.191. The van der Waals surface area contributed by atoms with E-state index >= 15 is 0 Å². The molecule has 0 aliphatic carbocycles. The van der Waals surface area contributed by atoms with Crippen LogP contribution in [0.1, 0.15) is 46.6 Å². The molecule has 1 heterocycles. The standard InChI is InChI=1S/C12H22N4O/c1-5-6-9(2)12(17)15-10(3)11(4)16-8-13-7-14-16/h7-11H,5-6H2,1-4H3,(H,15,17)/t9-,10+,11+/m0/s1. The lowest BCUT2D eigenvalue weighted by Gasteiger charge is -2.23. The minimum absolute atomic E-state index is 0.0449. The Morgan fingerprint density at radius 3 is 2.65 bits per heavy atom. The van der Waals surface area contributed by atoms with Crippen LogP contribution in [0, 0.1) is 5.92 Å². The van der Waals surface area contributed by atoms with Crippen molar-refractivity contribution in [3.05, 3.63) is 12.7 Å². The van der Waals surface area contributed by atoms with E-state index in [1.807, 2.05) is 20.8 Å². The predicted molar refractivity (Wildman–Crippen MR) is 66.4 cm³/mol. The van der Waals surface area contributed by atoms with Crippen molar-refractivity contribution in [2.75, 3.05) is 0 Å². The van der Waals surface area contributed by atoms with Gasteiger partial charge < -0.3 is 5.32 Å². The fourth-order valence-corrected chi connectivity index (χ4v) is 1.71. The van der Waals surface area contributed by atoms with Crippen LogP contribution in [0.25, 0.3) is 0 Å². The van der Waals surface area contributed by atoms with Gasteiger partial charge in [-0.3, -0.25) is 4.79 Å². The number of amides is 1. The van der Waals surface area contributed by atoms with Gasteiger partial charge in [-0.15, -0.1) is 0 Å². The van der Waals surface area contributed by atoms with E-state index in [-0.39, 0.29) is 23.9 Å². The van der Waals surface area contributed by atoms with Crippen LogP contribution in [0.5, 0.6) is 0 Å². The van der Waals surface area contributed by atoms with Gasteiger partial charge in [0.15, 0.2) is 0 Å². The van der Waals surface area contributed by atoms with Gasteiger partial charge in [-0.25, -0.2) is 9.67 Å². The van der Waals surface area contributed by atoms with E-state index in [0.717, 1.165) is 12.8 Å². The smallest absolute Gasteiger partial charge is 0.223 e. The number of rotatable bonds is 6. The number of carbonyl (C=O) groups excluding carboxylic acids is 1. The molecule has 1 N–H and O–H groups in total. The van der Waals surface area contributed by atoms with Gasteiger partial charge in [-0.05, 0) is 20.3 Å².